The number of aliphatic hydroxyl groups excluding tert-OH is 1. The van der Waals surface area contributed by atoms with Crippen LogP contribution in [0.1, 0.15) is 81.7 Å². The van der Waals surface area contributed by atoms with Crippen LogP contribution >= 0.6 is 0 Å². The molecule has 4 atom stereocenters. The minimum atomic E-state index is -1.36. The first kappa shape index (κ1) is 47.0. The van der Waals surface area contributed by atoms with Crippen molar-refractivity contribution >= 4 is 57.8 Å². The quantitative estimate of drug-likeness (QED) is 0.0822. The molecule has 0 spiro atoms. The fraction of sp³-hybridized carbons (Fsp3) is 0.422. The lowest BCUT2D eigenvalue weighted by molar-refractivity contribution is -0.195. The van der Waals surface area contributed by atoms with E-state index in [0.717, 1.165) is 11.0 Å². The van der Waals surface area contributed by atoms with Gasteiger partial charge in [-0.3, -0.25) is 28.9 Å². The summed E-state index contributed by atoms with van der Waals surface area (Å²) in [6.45, 7) is 2.89. The minimum absolute atomic E-state index is 0.0194. The lowest BCUT2D eigenvalue weighted by Gasteiger charge is -2.38. The molecule has 0 bridgehead atoms. The second-order valence-electron chi connectivity index (χ2n) is 16.4. The SMILES string of the molecule is CCC1(CC)CC(=O)N(CCC(=O)NCCC(=O)Nc2cc(COC(=O)NCN3c4cc(F)cc5c(=O)[nH]nc(c45)CC3c3ccc(F)cc3)ccc2OC2CC(O)CC(C(=O)O)O2)C1=O. The number of carbonyl (C=O) groups is 6. The first-order valence-corrected chi connectivity index (χ1v) is 21.5. The van der Waals surface area contributed by atoms with Gasteiger partial charge in [0.2, 0.25) is 29.9 Å². The van der Waals surface area contributed by atoms with Crippen molar-refractivity contribution in [2.75, 3.05) is 30.0 Å². The third-order valence-electron chi connectivity index (χ3n) is 12.2. The van der Waals surface area contributed by atoms with Gasteiger partial charge in [-0.25, -0.2) is 23.5 Å². The largest absolute Gasteiger partial charge is 0.479 e. The molecule has 4 unspecified atom stereocenters. The first-order chi connectivity index (χ1) is 31.6. The van der Waals surface area contributed by atoms with Crippen LogP contribution in [0.3, 0.4) is 0 Å². The van der Waals surface area contributed by atoms with E-state index in [9.17, 15) is 52.6 Å². The van der Waals surface area contributed by atoms with Crippen molar-refractivity contribution in [2.24, 2.45) is 5.41 Å². The Morgan fingerprint density at radius 1 is 0.955 bits per heavy atom. The van der Waals surface area contributed by atoms with E-state index in [4.69, 9.17) is 14.2 Å². The van der Waals surface area contributed by atoms with Crippen molar-refractivity contribution in [3.05, 3.63) is 93.4 Å². The van der Waals surface area contributed by atoms with E-state index in [-0.39, 0.29) is 99.2 Å². The Morgan fingerprint density at radius 2 is 1.71 bits per heavy atom. The number of nitrogens with one attached hydrogen (secondary N) is 4. The number of likely N-dealkylation sites (tertiary alicyclic amines) is 1. The highest BCUT2D eigenvalue weighted by Crippen LogP contribution is 2.41. The number of hydrogen-bond acceptors (Lipinski definition) is 13. The van der Waals surface area contributed by atoms with Gasteiger partial charge < -0.3 is 45.3 Å². The second kappa shape index (κ2) is 20.0. The van der Waals surface area contributed by atoms with Gasteiger partial charge in [-0.05, 0) is 60.4 Å². The van der Waals surface area contributed by atoms with Gasteiger partial charge in [-0.2, -0.15) is 5.10 Å². The maximum Gasteiger partial charge on any atom is 0.408 e. The fourth-order valence-electron chi connectivity index (χ4n) is 8.49. The highest BCUT2D eigenvalue weighted by Gasteiger charge is 2.48. The van der Waals surface area contributed by atoms with Crippen LogP contribution in [0.4, 0.5) is 25.0 Å². The monoisotopic (exact) mass is 917 g/mol. The van der Waals surface area contributed by atoms with Gasteiger partial charge >= 0.3 is 12.1 Å². The first-order valence-electron chi connectivity index (χ1n) is 21.5. The Bertz CT molecular complexity index is 2590. The molecule has 0 radical (unpaired) electrons. The third-order valence-corrected chi connectivity index (χ3v) is 12.2. The molecule has 5 amide bonds. The van der Waals surface area contributed by atoms with Crippen LogP contribution in [0.15, 0.2) is 59.4 Å². The maximum absolute atomic E-state index is 15.0. The molecular weight excluding hydrogens is 869 g/mol. The van der Waals surface area contributed by atoms with E-state index in [2.05, 4.69) is 26.1 Å². The number of benzene rings is 3. The van der Waals surface area contributed by atoms with Crippen LogP contribution in [0, 0.1) is 17.0 Å². The highest BCUT2D eigenvalue weighted by atomic mass is 19.1. The number of aromatic nitrogens is 2. The summed E-state index contributed by atoms with van der Waals surface area (Å²) in [5.41, 5.74) is 0.402. The number of aliphatic hydroxyl groups is 1. The van der Waals surface area contributed by atoms with E-state index in [1.165, 1.54) is 36.4 Å². The summed E-state index contributed by atoms with van der Waals surface area (Å²) in [5, 5.41) is 34.8. The van der Waals surface area contributed by atoms with Crippen LogP contribution < -0.4 is 31.1 Å². The van der Waals surface area contributed by atoms with Crippen LogP contribution in [-0.2, 0) is 46.5 Å². The molecule has 350 valence electrons. The number of halogens is 2. The van der Waals surface area contributed by atoms with E-state index < -0.39 is 71.0 Å². The third kappa shape index (κ3) is 10.4. The molecule has 19 nitrogen and oxygen atoms in total. The molecule has 4 heterocycles. The average Bonchev–Trinajstić information content (AvgIpc) is 3.53. The zero-order valence-electron chi connectivity index (χ0n) is 36.1. The van der Waals surface area contributed by atoms with Gasteiger partial charge in [0.1, 0.15) is 24.0 Å². The van der Waals surface area contributed by atoms with Gasteiger partial charge in [-0.15, -0.1) is 0 Å². The number of amides is 5. The lowest BCUT2D eigenvalue weighted by Crippen LogP contribution is -2.43. The number of alkyl carbamates (subject to hydrolysis) is 1. The van der Waals surface area contributed by atoms with Gasteiger partial charge in [0.05, 0.1) is 46.7 Å². The van der Waals surface area contributed by atoms with Crippen molar-refractivity contribution in [2.45, 2.75) is 96.4 Å². The minimum Gasteiger partial charge on any atom is -0.479 e. The van der Waals surface area contributed by atoms with Crippen molar-refractivity contribution < 1.29 is 62.0 Å². The number of carboxylic acids is 1. The number of aromatic amines is 1. The molecule has 21 heteroatoms. The highest BCUT2D eigenvalue weighted by molar-refractivity contribution is 6.06. The summed E-state index contributed by atoms with van der Waals surface area (Å²) in [4.78, 5) is 91.7. The number of aliphatic carboxylic acids is 1. The number of ether oxygens (including phenoxy) is 3. The summed E-state index contributed by atoms with van der Waals surface area (Å²) >= 11 is 0. The topological polar surface area (TPSA) is 259 Å². The normalized spacial score (nSPS) is 20.0. The van der Waals surface area contributed by atoms with Gasteiger partial charge in [0.25, 0.3) is 5.56 Å². The molecule has 2 saturated heterocycles. The number of imide groups is 1. The Kier molecular flexibility index (Phi) is 14.3. The number of rotatable bonds is 17. The molecule has 4 aromatic rings. The number of anilines is 2. The molecule has 3 aromatic carbocycles. The van der Waals surface area contributed by atoms with Gasteiger partial charge in [0, 0.05) is 57.0 Å². The average molecular weight is 918 g/mol. The van der Waals surface area contributed by atoms with E-state index in [0.29, 0.717) is 35.0 Å². The summed E-state index contributed by atoms with van der Waals surface area (Å²) in [7, 11) is 0. The Labute approximate surface area is 375 Å². The van der Waals surface area contributed by atoms with Crippen LogP contribution in [0.25, 0.3) is 10.8 Å². The van der Waals surface area contributed by atoms with Crippen molar-refractivity contribution in [3.63, 3.8) is 0 Å². The molecule has 66 heavy (non-hydrogen) atoms. The maximum atomic E-state index is 15.0. The number of H-pyrrole nitrogens is 1. The summed E-state index contributed by atoms with van der Waals surface area (Å²) < 4.78 is 45.9. The molecular formula is C45H49F2N7O12. The van der Waals surface area contributed by atoms with E-state index >= 15 is 0 Å². The molecule has 6 N–H and O–H groups in total. The number of hydrogen-bond donors (Lipinski definition) is 6. The summed E-state index contributed by atoms with van der Waals surface area (Å²) in [5.74, 6) is -4.16. The number of nitrogens with zero attached hydrogens (tertiary/aromatic N) is 3. The molecule has 7 rings (SSSR count). The second-order valence-corrected chi connectivity index (χ2v) is 16.4. The molecule has 3 aliphatic rings. The molecule has 0 saturated carbocycles. The molecule has 2 fully saturated rings. The Hall–Kier alpha value is -7.00. The molecule has 0 aliphatic carbocycles. The molecule has 3 aliphatic heterocycles. The van der Waals surface area contributed by atoms with E-state index in [1.807, 2.05) is 13.8 Å². The molecule has 1 aromatic heterocycles. The standard InChI is InChI=1S/C45H49F2N7O12/c1-3-45(4-2)21-38(58)53(43(45)62)14-12-36(56)48-13-11-37(57)50-30-15-24(5-10-34(30)65-39-19-28(55)18-35(66-39)42(60)61)22-64-44(63)49-23-54-32(25-6-8-26(46)9-7-25)20-31-40-29(41(59)52-51-31)16-27(47)17-33(40)54/h5-10,15-17,28,32,35,39,55H,3-4,11-14,18-23H2,1-2H3,(H,48,56)(H,49,63)(H,50,57)(H,52,59)(H,60,61). The van der Waals surface area contributed by atoms with Crippen LogP contribution in [-0.4, -0.2) is 99.3 Å². The number of carbonyl (C=O) groups excluding carboxylic acids is 5. The van der Waals surface area contributed by atoms with Crippen molar-refractivity contribution in [3.8, 4) is 5.75 Å². The van der Waals surface area contributed by atoms with Crippen molar-refractivity contribution in [1.82, 2.24) is 25.7 Å². The Morgan fingerprint density at radius 3 is 2.42 bits per heavy atom. The lowest BCUT2D eigenvalue weighted by atomic mass is 9.81. The van der Waals surface area contributed by atoms with Crippen molar-refractivity contribution in [1.29, 1.82) is 0 Å². The summed E-state index contributed by atoms with van der Waals surface area (Å²) in [6.07, 6.45) is -3.85. The predicted octanol–water partition coefficient (Wildman–Crippen LogP) is 3.92. The van der Waals surface area contributed by atoms with Crippen LogP contribution in [0.2, 0.25) is 0 Å². The van der Waals surface area contributed by atoms with E-state index in [1.54, 1.807) is 17.0 Å². The smallest absolute Gasteiger partial charge is 0.408 e. The zero-order chi connectivity index (χ0) is 47.3. The Balaban J connectivity index is 1.01. The fourth-order valence-corrected chi connectivity index (χ4v) is 8.49. The van der Waals surface area contributed by atoms with Crippen LogP contribution in [0.5, 0.6) is 5.75 Å². The zero-order valence-corrected chi connectivity index (χ0v) is 36.1. The number of carboxylic acid groups (broad SMARTS) is 1. The van der Waals surface area contributed by atoms with Gasteiger partial charge in [0.15, 0.2) is 6.10 Å². The predicted molar refractivity (Wildman–Crippen MR) is 230 cm³/mol. The van der Waals surface area contributed by atoms with Gasteiger partial charge in [-0.1, -0.05) is 32.0 Å². The summed E-state index contributed by atoms with van der Waals surface area (Å²) in [6, 6.07) is 11.7.